The minimum absolute atomic E-state index is 0.0820. The topological polar surface area (TPSA) is 67.4 Å². The van der Waals surface area contributed by atoms with Crippen molar-refractivity contribution in [1.29, 1.82) is 0 Å². The fourth-order valence-electron chi connectivity index (χ4n) is 2.23. The molecule has 1 rings (SSSR count). The predicted molar refractivity (Wildman–Crippen MR) is 118 cm³/mol. The van der Waals surface area contributed by atoms with E-state index < -0.39 is 0 Å². The van der Waals surface area contributed by atoms with Gasteiger partial charge in [0.05, 0.1) is 13.5 Å². The Bertz CT molecular complexity index is 707. The predicted octanol–water partition coefficient (Wildman–Crippen LogP) is 4.29. The summed E-state index contributed by atoms with van der Waals surface area (Å²) in [4.78, 5) is 24.4. The van der Waals surface area contributed by atoms with Gasteiger partial charge in [-0.1, -0.05) is 45.9 Å². The monoisotopic (exact) mass is 450 g/mol. The highest BCUT2D eigenvalue weighted by molar-refractivity contribution is 9.15. The van der Waals surface area contributed by atoms with Gasteiger partial charge in [0.15, 0.2) is 0 Å². The molecule has 154 valence electrons. The normalized spacial score (nSPS) is 12.3. The Hall–Kier alpha value is -2.08. The number of hydrogen-bond donors (Lipinski definition) is 2. The molecule has 0 atom stereocenters. The van der Waals surface area contributed by atoms with Crippen molar-refractivity contribution in [3.05, 3.63) is 47.6 Å². The molecule has 0 saturated heterocycles. The van der Waals surface area contributed by atoms with Crippen LogP contribution in [-0.4, -0.2) is 32.0 Å². The van der Waals surface area contributed by atoms with Gasteiger partial charge in [-0.2, -0.15) is 0 Å². The van der Waals surface area contributed by atoms with Gasteiger partial charge in [-0.25, -0.2) is 0 Å². The fraction of sp³-hybridized carbons (Fsp3) is 0.455. The lowest BCUT2D eigenvalue weighted by atomic mass is 10.1. The number of rotatable bonds is 10. The zero-order valence-corrected chi connectivity index (χ0v) is 18.9. The van der Waals surface area contributed by atoms with Crippen LogP contribution in [0.15, 0.2) is 42.0 Å². The molecule has 0 bridgehead atoms. The smallest absolute Gasteiger partial charge is 0.243 e. The average molecular weight is 451 g/mol. The summed E-state index contributed by atoms with van der Waals surface area (Å²) < 4.78 is 5.96. The minimum atomic E-state index is -0.177. The molecule has 0 aliphatic carbocycles. The van der Waals surface area contributed by atoms with Crippen molar-refractivity contribution in [2.75, 3.05) is 20.2 Å². The van der Waals surface area contributed by atoms with Crippen molar-refractivity contribution in [3.8, 4) is 5.75 Å². The molecule has 0 aliphatic heterocycles. The molecule has 0 fully saturated rings. The van der Waals surface area contributed by atoms with Crippen molar-refractivity contribution in [2.24, 2.45) is 11.8 Å². The van der Waals surface area contributed by atoms with Gasteiger partial charge in [-0.3, -0.25) is 9.59 Å². The van der Waals surface area contributed by atoms with Crippen LogP contribution < -0.4 is 15.4 Å². The van der Waals surface area contributed by atoms with Crippen LogP contribution >= 0.6 is 15.9 Å². The van der Waals surface area contributed by atoms with Gasteiger partial charge in [0.2, 0.25) is 11.8 Å². The SMILES string of the molecule is COc1ccc(/C(Br)=C(\C=C\C(=O)NCC(C)C)CC(=O)NCC(C)C)cc1. The van der Waals surface area contributed by atoms with Crippen molar-refractivity contribution in [2.45, 2.75) is 34.1 Å². The fourth-order valence-corrected chi connectivity index (χ4v) is 2.76. The zero-order valence-electron chi connectivity index (χ0n) is 17.3. The second kappa shape index (κ2) is 12.4. The highest BCUT2D eigenvalue weighted by Crippen LogP contribution is 2.29. The summed E-state index contributed by atoms with van der Waals surface area (Å²) >= 11 is 3.60. The average Bonchev–Trinajstić information content (AvgIpc) is 2.67. The molecule has 2 amide bonds. The summed E-state index contributed by atoms with van der Waals surface area (Å²) in [6, 6.07) is 7.52. The second-order valence-corrected chi connectivity index (χ2v) is 8.21. The summed E-state index contributed by atoms with van der Waals surface area (Å²) in [5, 5.41) is 5.76. The summed E-state index contributed by atoms with van der Waals surface area (Å²) in [5.41, 5.74) is 1.63. The van der Waals surface area contributed by atoms with Crippen LogP contribution in [0, 0.1) is 11.8 Å². The summed E-state index contributed by atoms with van der Waals surface area (Å²) in [6.45, 7) is 9.39. The number of hydrogen-bond acceptors (Lipinski definition) is 3. The van der Waals surface area contributed by atoms with Gasteiger partial charge in [0.25, 0.3) is 0 Å². The summed E-state index contributed by atoms with van der Waals surface area (Å²) in [6.07, 6.45) is 3.34. The number of methoxy groups -OCH3 is 1. The number of amides is 2. The molecule has 0 aromatic heterocycles. The summed E-state index contributed by atoms with van der Waals surface area (Å²) in [5.74, 6) is 1.24. The van der Waals surface area contributed by atoms with E-state index in [9.17, 15) is 9.59 Å². The van der Waals surface area contributed by atoms with Gasteiger partial charge in [0.1, 0.15) is 5.75 Å². The zero-order chi connectivity index (χ0) is 21.1. The van der Waals surface area contributed by atoms with Crippen molar-refractivity contribution >= 4 is 32.2 Å². The highest BCUT2D eigenvalue weighted by atomic mass is 79.9. The lowest BCUT2D eigenvalue weighted by Crippen LogP contribution is -2.27. The molecule has 0 heterocycles. The van der Waals surface area contributed by atoms with E-state index >= 15 is 0 Å². The maximum absolute atomic E-state index is 12.3. The number of ether oxygens (including phenoxy) is 1. The highest BCUT2D eigenvalue weighted by Gasteiger charge is 2.11. The first kappa shape index (κ1) is 24.0. The molecule has 0 radical (unpaired) electrons. The maximum Gasteiger partial charge on any atom is 0.243 e. The number of halogens is 1. The second-order valence-electron chi connectivity index (χ2n) is 7.41. The Balaban J connectivity index is 3.03. The maximum atomic E-state index is 12.3. The van der Waals surface area contributed by atoms with Crippen LogP contribution in [0.25, 0.3) is 4.48 Å². The van der Waals surface area contributed by atoms with Gasteiger partial charge in [0, 0.05) is 23.6 Å². The number of carbonyl (C=O) groups is 2. The lowest BCUT2D eigenvalue weighted by molar-refractivity contribution is -0.120. The Labute approximate surface area is 176 Å². The molecule has 5 nitrogen and oxygen atoms in total. The van der Waals surface area contributed by atoms with E-state index in [-0.39, 0.29) is 18.2 Å². The molecule has 1 aromatic carbocycles. The number of nitrogens with one attached hydrogen (secondary N) is 2. The molecule has 0 unspecified atom stereocenters. The van der Waals surface area contributed by atoms with Crippen LogP contribution in [0.5, 0.6) is 5.75 Å². The summed E-state index contributed by atoms with van der Waals surface area (Å²) in [7, 11) is 1.61. The first-order chi connectivity index (χ1) is 13.2. The van der Waals surface area contributed by atoms with Crippen LogP contribution in [0.4, 0.5) is 0 Å². The Kier molecular flexibility index (Phi) is 10.6. The van der Waals surface area contributed by atoms with E-state index in [0.717, 1.165) is 21.4 Å². The van der Waals surface area contributed by atoms with Gasteiger partial charge in [-0.15, -0.1) is 0 Å². The van der Waals surface area contributed by atoms with E-state index in [4.69, 9.17) is 4.74 Å². The van der Waals surface area contributed by atoms with Crippen molar-refractivity contribution in [3.63, 3.8) is 0 Å². The van der Waals surface area contributed by atoms with Crippen molar-refractivity contribution in [1.82, 2.24) is 10.6 Å². The molecule has 28 heavy (non-hydrogen) atoms. The molecule has 0 saturated carbocycles. The van der Waals surface area contributed by atoms with Gasteiger partial charge < -0.3 is 15.4 Å². The van der Waals surface area contributed by atoms with E-state index in [1.54, 1.807) is 13.2 Å². The first-order valence-electron chi connectivity index (χ1n) is 9.48. The van der Waals surface area contributed by atoms with Crippen LogP contribution in [0.3, 0.4) is 0 Å². The van der Waals surface area contributed by atoms with Crippen LogP contribution in [0.2, 0.25) is 0 Å². The Morgan fingerprint density at radius 3 is 2.11 bits per heavy atom. The molecule has 1 aromatic rings. The van der Waals surface area contributed by atoms with Crippen molar-refractivity contribution < 1.29 is 14.3 Å². The van der Waals surface area contributed by atoms with E-state index in [1.807, 2.05) is 52.0 Å². The van der Waals surface area contributed by atoms with E-state index in [1.165, 1.54) is 6.08 Å². The number of carbonyl (C=O) groups excluding carboxylic acids is 2. The molecular weight excluding hydrogens is 420 g/mol. The largest absolute Gasteiger partial charge is 0.497 e. The Morgan fingerprint density at radius 2 is 1.57 bits per heavy atom. The first-order valence-corrected chi connectivity index (χ1v) is 10.3. The molecule has 6 heteroatoms. The molecule has 0 spiro atoms. The molecule has 0 aliphatic rings. The minimum Gasteiger partial charge on any atom is -0.497 e. The lowest BCUT2D eigenvalue weighted by Gasteiger charge is -2.11. The van der Waals surface area contributed by atoms with E-state index in [0.29, 0.717) is 24.9 Å². The van der Waals surface area contributed by atoms with Crippen LogP contribution in [-0.2, 0) is 9.59 Å². The third kappa shape index (κ3) is 9.22. The third-order valence-electron chi connectivity index (χ3n) is 3.80. The molecule has 2 N–H and O–H groups in total. The quantitative estimate of drug-likeness (QED) is 0.412. The van der Waals surface area contributed by atoms with Gasteiger partial charge >= 0.3 is 0 Å². The number of allylic oxidation sites excluding steroid dienone is 1. The standard InChI is InChI=1S/C22H31BrN2O3/c1-15(2)13-24-20(26)11-8-18(12-21(27)25-14-16(3)4)22(23)17-6-9-19(28-5)10-7-17/h6-11,15-16H,12-14H2,1-5H3,(H,24,26)(H,25,27)/b11-8+,22-18-. The van der Waals surface area contributed by atoms with Crippen LogP contribution in [0.1, 0.15) is 39.7 Å². The van der Waals surface area contributed by atoms with Gasteiger partial charge in [-0.05, 0) is 51.0 Å². The van der Waals surface area contributed by atoms with E-state index in [2.05, 4.69) is 26.6 Å². The third-order valence-corrected chi connectivity index (χ3v) is 4.77. The Morgan fingerprint density at radius 1 is 1.00 bits per heavy atom. The molecular formula is C22H31BrN2O3. The number of benzene rings is 1.